The lowest BCUT2D eigenvalue weighted by Gasteiger charge is -2.02. The van der Waals surface area contributed by atoms with Crippen LogP contribution in [0.4, 0.5) is 5.69 Å². The SMILES string of the molecule is CNCc1cccc(NO)c1. The summed E-state index contributed by atoms with van der Waals surface area (Å²) in [5.74, 6) is 0. The van der Waals surface area contributed by atoms with Crippen molar-refractivity contribution in [1.82, 2.24) is 5.32 Å². The summed E-state index contributed by atoms with van der Waals surface area (Å²) in [5, 5.41) is 11.6. The average molecular weight is 152 g/mol. The van der Waals surface area contributed by atoms with Crippen LogP contribution in [0.15, 0.2) is 24.3 Å². The number of hydrogen-bond donors (Lipinski definition) is 3. The molecule has 1 aromatic carbocycles. The van der Waals surface area contributed by atoms with Crippen molar-refractivity contribution in [2.75, 3.05) is 12.5 Å². The molecule has 0 amide bonds. The number of benzene rings is 1. The van der Waals surface area contributed by atoms with Gasteiger partial charge in [0.2, 0.25) is 0 Å². The normalized spacial score (nSPS) is 9.64. The number of hydrogen-bond acceptors (Lipinski definition) is 3. The van der Waals surface area contributed by atoms with Gasteiger partial charge in [-0.3, -0.25) is 10.7 Å². The van der Waals surface area contributed by atoms with Crippen LogP contribution < -0.4 is 10.8 Å². The van der Waals surface area contributed by atoms with Crippen molar-refractivity contribution in [3.63, 3.8) is 0 Å². The Morgan fingerprint density at radius 3 is 2.91 bits per heavy atom. The van der Waals surface area contributed by atoms with E-state index in [1.165, 1.54) is 0 Å². The molecule has 11 heavy (non-hydrogen) atoms. The fourth-order valence-corrected chi connectivity index (χ4v) is 0.955. The molecule has 0 aliphatic heterocycles. The van der Waals surface area contributed by atoms with Crippen LogP contribution in [0.3, 0.4) is 0 Å². The van der Waals surface area contributed by atoms with Gasteiger partial charge in [-0.05, 0) is 24.7 Å². The van der Waals surface area contributed by atoms with Crippen molar-refractivity contribution in [2.45, 2.75) is 6.54 Å². The molecule has 0 aromatic heterocycles. The van der Waals surface area contributed by atoms with Gasteiger partial charge in [-0.1, -0.05) is 12.1 Å². The predicted molar refractivity (Wildman–Crippen MR) is 44.6 cm³/mol. The maximum Gasteiger partial charge on any atom is 0.0605 e. The third kappa shape index (κ3) is 2.22. The highest BCUT2D eigenvalue weighted by molar-refractivity contribution is 5.43. The van der Waals surface area contributed by atoms with Gasteiger partial charge >= 0.3 is 0 Å². The van der Waals surface area contributed by atoms with Crippen LogP contribution in [0, 0.1) is 0 Å². The molecule has 1 rings (SSSR count). The molecule has 0 heterocycles. The van der Waals surface area contributed by atoms with Crippen LogP contribution >= 0.6 is 0 Å². The molecule has 3 N–H and O–H groups in total. The molecule has 0 fully saturated rings. The lowest BCUT2D eigenvalue weighted by molar-refractivity contribution is 0.389. The van der Waals surface area contributed by atoms with Crippen LogP contribution in [-0.2, 0) is 6.54 Å². The minimum atomic E-state index is 0.720. The van der Waals surface area contributed by atoms with Crippen LogP contribution in [0.2, 0.25) is 0 Å². The molecule has 0 aliphatic rings. The molecule has 3 nitrogen and oxygen atoms in total. The molecule has 0 saturated heterocycles. The van der Waals surface area contributed by atoms with E-state index in [2.05, 4.69) is 10.8 Å². The summed E-state index contributed by atoms with van der Waals surface area (Å²) in [5.41, 5.74) is 3.96. The van der Waals surface area contributed by atoms with Crippen LogP contribution in [-0.4, -0.2) is 12.3 Å². The van der Waals surface area contributed by atoms with Gasteiger partial charge in [0.05, 0.1) is 5.69 Å². The van der Waals surface area contributed by atoms with E-state index in [1.807, 2.05) is 25.2 Å². The smallest absolute Gasteiger partial charge is 0.0605 e. The quantitative estimate of drug-likeness (QED) is 0.570. The Labute approximate surface area is 66.0 Å². The molecule has 0 saturated carbocycles. The van der Waals surface area contributed by atoms with Gasteiger partial charge in [0.15, 0.2) is 0 Å². The van der Waals surface area contributed by atoms with Gasteiger partial charge in [-0.15, -0.1) is 0 Å². The Kier molecular flexibility index (Phi) is 2.89. The maximum absolute atomic E-state index is 8.56. The Balaban J connectivity index is 2.74. The van der Waals surface area contributed by atoms with E-state index < -0.39 is 0 Å². The average Bonchev–Trinajstić information content (AvgIpc) is 2.06. The minimum absolute atomic E-state index is 0.720. The number of rotatable bonds is 3. The monoisotopic (exact) mass is 152 g/mol. The largest absolute Gasteiger partial charge is 0.316 e. The van der Waals surface area contributed by atoms with Gasteiger partial charge in [-0.2, -0.15) is 0 Å². The minimum Gasteiger partial charge on any atom is -0.316 e. The van der Waals surface area contributed by atoms with Gasteiger partial charge < -0.3 is 5.32 Å². The lowest BCUT2D eigenvalue weighted by Crippen LogP contribution is -2.05. The Morgan fingerprint density at radius 1 is 1.45 bits per heavy atom. The van der Waals surface area contributed by atoms with Crippen molar-refractivity contribution in [2.24, 2.45) is 0 Å². The summed E-state index contributed by atoms with van der Waals surface area (Å²) in [6, 6.07) is 7.58. The maximum atomic E-state index is 8.56. The fourth-order valence-electron chi connectivity index (χ4n) is 0.955. The fraction of sp³-hybridized carbons (Fsp3) is 0.250. The molecule has 3 heteroatoms. The molecule has 0 unspecified atom stereocenters. The second-order valence-corrected chi connectivity index (χ2v) is 2.34. The van der Waals surface area contributed by atoms with Crippen molar-refractivity contribution in [1.29, 1.82) is 0 Å². The summed E-state index contributed by atoms with van der Waals surface area (Å²) >= 11 is 0. The molecule has 0 radical (unpaired) electrons. The molecular weight excluding hydrogens is 140 g/mol. The van der Waals surface area contributed by atoms with Crippen molar-refractivity contribution >= 4 is 5.69 Å². The van der Waals surface area contributed by atoms with Crippen LogP contribution in [0.25, 0.3) is 0 Å². The highest BCUT2D eigenvalue weighted by Crippen LogP contribution is 2.08. The van der Waals surface area contributed by atoms with E-state index in [4.69, 9.17) is 5.21 Å². The summed E-state index contributed by atoms with van der Waals surface area (Å²) < 4.78 is 0. The standard InChI is InChI=1S/C8H12N2O/c1-9-6-7-3-2-4-8(5-7)10-11/h2-5,9-11H,6H2,1H3. The zero-order valence-corrected chi connectivity index (χ0v) is 6.46. The third-order valence-electron chi connectivity index (χ3n) is 1.44. The van der Waals surface area contributed by atoms with Crippen molar-refractivity contribution in [3.05, 3.63) is 29.8 Å². The van der Waals surface area contributed by atoms with E-state index in [1.54, 1.807) is 6.07 Å². The van der Waals surface area contributed by atoms with Crippen molar-refractivity contribution < 1.29 is 5.21 Å². The topological polar surface area (TPSA) is 44.3 Å². The van der Waals surface area contributed by atoms with Gasteiger partial charge in [0.1, 0.15) is 0 Å². The summed E-state index contributed by atoms with van der Waals surface area (Å²) in [6.07, 6.45) is 0. The second kappa shape index (κ2) is 3.95. The van der Waals surface area contributed by atoms with Crippen LogP contribution in [0.1, 0.15) is 5.56 Å². The Hall–Kier alpha value is -1.06. The predicted octanol–water partition coefficient (Wildman–Crippen LogP) is 1.21. The van der Waals surface area contributed by atoms with E-state index >= 15 is 0 Å². The van der Waals surface area contributed by atoms with Gasteiger partial charge in [0, 0.05) is 6.54 Å². The highest BCUT2D eigenvalue weighted by Gasteiger charge is 1.91. The highest BCUT2D eigenvalue weighted by atomic mass is 16.5. The summed E-state index contributed by atoms with van der Waals surface area (Å²) in [4.78, 5) is 0. The summed E-state index contributed by atoms with van der Waals surface area (Å²) in [6.45, 7) is 0.815. The number of nitrogens with one attached hydrogen (secondary N) is 2. The first-order valence-electron chi connectivity index (χ1n) is 3.50. The van der Waals surface area contributed by atoms with Gasteiger partial charge in [0.25, 0.3) is 0 Å². The Morgan fingerprint density at radius 2 is 2.27 bits per heavy atom. The first-order chi connectivity index (χ1) is 5.36. The molecule has 60 valence electrons. The zero-order chi connectivity index (χ0) is 8.10. The molecule has 0 atom stereocenters. The summed E-state index contributed by atoms with van der Waals surface area (Å²) in [7, 11) is 1.89. The van der Waals surface area contributed by atoms with Crippen LogP contribution in [0.5, 0.6) is 0 Å². The number of anilines is 1. The molecule has 0 aliphatic carbocycles. The Bertz CT molecular complexity index is 225. The third-order valence-corrected chi connectivity index (χ3v) is 1.44. The lowest BCUT2D eigenvalue weighted by atomic mass is 10.2. The molecule has 0 spiro atoms. The van der Waals surface area contributed by atoms with E-state index in [0.717, 1.165) is 17.8 Å². The van der Waals surface area contributed by atoms with E-state index in [-0.39, 0.29) is 0 Å². The molecule has 0 bridgehead atoms. The zero-order valence-electron chi connectivity index (χ0n) is 6.46. The second-order valence-electron chi connectivity index (χ2n) is 2.34. The molecule has 1 aromatic rings. The van der Waals surface area contributed by atoms with E-state index in [9.17, 15) is 0 Å². The molecular formula is C8H12N2O. The van der Waals surface area contributed by atoms with Crippen molar-refractivity contribution in [3.8, 4) is 0 Å². The first-order valence-corrected chi connectivity index (χ1v) is 3.50. The van der Waals surface area contributed by atoms with Gasteiger partial charge in [-0.25, -0.2) is 0 Å². The van der Waals surface area contributed by atoms with E-state index in [0.29, 0.717) is 0 Å². The first kappa shape index (κ1) is 8.04.